The fraction of sp³-hybridized carbons (Fsp3) is 0.703. The third-order valence-electron chi connectivity index (χ3n) is 19.1. The second kappa shape index (κ2) is 51.8. The van der Waals surface area contributed by atoms with E-state index in [1.807, 2.05) is 17.8 Å². The van der Waals surface area contributed by atoms with E-state index in [1.165, 1.54) is 19.0 Å². The van der Waals surface area contributed by atoms with Crippen molar-refractivity contribution in [3.63, 3.8) is 0 Å². The lowest BCUT2D eigenvalue weighted by Gasteiger charge is -2.23. The van der Waals surface area contributed by atoms with E-state index >= 15 is 0 Å². The molecule has 6 amide bonds. The Morgan fingerprint density at radius 2 is 0.981 bits per heavy atom. The lowest BCUT2D eigenvalue weighted by Crippen LogP contribution is -2.52. The molecule has 17 N–H and O–H groups in total. The second-order valence-corrected chi connectivity index (χ2v) is 29.1. The van der Waals surface area contributed by atoms with E-state index in [4.69, 9.17) is 41.9 Å². The van der Waals surface area contributed by atoms with Gasteiger partial charge in [0.2, 0.25) is 23.6 Å². The van der Waals surface area contributed by atoms with E-state index in [0.29, 0.717) is 172 Å². The number of rotatable bonds is 64. The summed E-state index contributed by atoms with van der Waals surface area (Å²) in [5.74, 6) is -1.94. The Bertz CT molecular complexity index is 3140. The first kappa shape index (κ1) is 87.5. The van der Waals surface area contributed by atoms with Crippen LogP contribution in [-0.4, -0.2) is 220 Å². The van der Waals surface area contributed by atoms with E-state index in [-0.39, 0.29) is 124 Å². The monoisotopic (exact) mass is 1500 g/mol. The molecule has 6 rings (SSSR count). The molecular formula is C74H119N17O14S. The summed E-state index contributed by atoms with van der Waals surface area (Å²) in [5, 5.41) is 18.0. The number of aromatic nitrogens is 6. The second-order valence-electron chi connectivity index (χ2n) is 27.8. The number of hydrogen-bond acceptors (Lipinski definition) is 23. The van der Waals surface area contributed by atoms with Crippen molar-refractivity contribution in [1.82, 2.24) is 61.8 Å². The number of ketones is 5. The van der Waals surface area contributed by atoms with Crippen LogP contribution < -0.4 is 54.8 Å². The molecule has 31 nitrogen and oxygen atoms in total. The highest BCUT2D eigenvalue weighted by Crippen LogP contribution is 2.33. The number of carbonyl (C=O) groups is 10. The van der Waals surface area contributed by atoms with Gasteiger partial charge in [-0.25, -0.2) is 19.7 Å². The number of nitrogens with one attached hydrogen (secondary N) is 9. The molecule has 0 aromatic carbocycles. The molecule has 0 radical (unpaired) electrons. The number of fused-ring (bicyclic) bond motifs is 1. The molecule has 2 saturated heterocycles. The highest BCUT2D eigenvalue weighted by Gasteiger charge is 2.42. The lowest BCUT2D eigenvalue weighted by atomic mass is 9.90. The SMILES string of the molecule is NC(CC1=CCC=N1)C(=O)CCCCCC(NC(=O)C(N)Cc1cnc[nH]1)C(=O)NCCCCC(NC(=O)C(CCCCNC(=O)C(N)Cc1cnc[nH]1)CC(=O)C(N)Cc1cnc[nH]1)C(=O)CCCCCCCC(=O)CCOCCOCCOCCOCCCC(=O)CCCCC1SC[C@H]2NC(=O)N[C@@H]12. The molecule has 3 aromatic rings. The number of carbonyl (C=O) groups excluding carboxylic acids is 10. The number of allylic oxidation sites excluding steroid dienone is 1. The van der Waals surface area contributed by atoms with E-state index < -0.39 is 59.9 Å². The van der Waals surface area contributed by atoms with Gasteiger partial charge in [0.25, 0.3) is 0 Å². The quantitative estimate of drug-likeness (QED) is 0.0281. The smallest absolute Gasteiger partial charge is 0.315 e. The van der Waals surface area contributed by atoms with Gasteiger partial charge in [-0.05, 0) is 77.0 Å². The molecule has 10 atom stereocenters. The Balaban J connectivity index is 0.893. The van der Waals surface area contributed by atoms with Crippen molar-refractivity contribution in [3.8, 4) is 0 Å². The van der Waals surface area contributed by atoms with Crippen molar-refractivity contribution >= 4 is 76.6 Å². The Kier molecular flexibility index (Phi) is 42.7. The van der Waals surface area contributed by atoms with Crippen molar-refractivity contribution in [3.05, 3.63) is 66.4 Å². The summed E-state index contributed by atoms with van der Waals surface area (Å²) in [7, 11) is 0. The third-order valence-corrected chi connectivity index (χ3v) is 20.6. The van der Waals surface area contributed by atoms with Gasteiger partial charge >= 0.3 is 6.03 Å². The number of H-pyrrole nitrogens is 3. The van der Waals surface area contributed by atoms with Crippen LogP contribution in [0.2, 0.25) is 0 Å². The van der Waals surface area contributed by atoms with Crippen LogP contribution in [0.15, 0.2) is 54.3 Å². The number of hydrogen-bond donors (Lipinski definition) is 13. The molecule has 3 aliphatic rings. The van der Waals surface area contributed by atoms with Gasteiger partial charge < -0.3 is 88.7 Å². The molecular weight excluding hydrogens is 1380 g/mol. The van der Waals surface area contributed by atoms with Gasteiger partial charge in [-0.15, -0.1) is 0 Å². The number of aromatic amines is 3. The third kappa shape index (κ3) is 36.0. The average molecular weight is 1500 g/mol. The van der Waals surface area contributed by atoms with Crippen LogP contribution in [-0.2, 0) is 81.4 Å². The van der Waals surface area contributed by atoms with Gasteiger partial charge in [-0.3, -0.25) is 48.1 Å². The van der Waals surface area contributed by atoms with Crippen LogP contribution in [0.25, 0.3) is 0 Å². The number of nitrogens with two attached hydrogens (primary N) is 4. The Morgan fingerprint density at radius 1 is 0.481 bits per heavy atom. The molecule has 32 heteroatoms. The molecule has 3 aromatic heterocycles. The number of unbranched alkanes of at least 4 members (excludes halogenated alkanes) is 9. The van der Waals surface area contributed by atoms with Crippen molar-refractivity contribution in [2.45, 2.75) is 253 Å². The summed E-state index contributed by atoms with van der Waals surface area (Å²) in [6.07, 6.45) is 27.9. The number of Topliss-reactive ketones (excluding diaryl/α,β-unsaturated/α-hetero) is 5. The maximum atomic E-state index is 14.5. The highest BCUT2D eigenvalue weighted by molar-refractivity contribution is 8.00. The minimum Gasteiger partial charge on any atom is -0.379 e. The maximum absolute atomic E-state index is 14.5. The molecule has 0 spiro atoms. The number of thioether (sulfide) groups is 1. The molecule has 590 valence electrons. The fourth-order valence-corrected chi connectivity index (χ4v) is 14.4. The molecule has 2 fully saturated rings. The van der Waals surface area contributed by atoms with Gasteiger partial charge in [-0.1, -0.05) is 51.0 Å². The molecule has 8 unspecified atom stereocenters. The van der Waals surface area contributed by atoms with Crippen LogP contribution >= 0.6 is 11.8 Å². The predicted molar refractivity (Wildman–Crippen MR) is 402 cm³/mol. The first-order valence-electron chi connectivity index (χ1n) is 38.3. The fourth-order valence-electron chi connectivity index (χ4n) is 12.8. The summed E-state index contributed by atoms with van der Waals surface area (Å²) in [6, 6.07) is -4.90. The normalized spacial score (nSPS) is 17.3. The van der Waals surface area contributed by atoms with Gasteiger partial charge in [0.1, 0.15) is 23.4 Å². The van der Waals surface area contributed by atoms with E-state index in [0.717, 1.165) is 55.7 Å². The first-order valence-corrected chi connectivity index (χ1v) is 39.4. The zero-order valence-electron chi connectivity index (χ0n) is 61.8. The minimum absolute atomic E-state index is 0.0695. The van der Waals surface area contributed by atoms with Crippen LogP contribution in [0.3, 0.4) is 0 Å². The summed E-state index contributed by atoms with van der Waals surface area (Å²) in [4.78, 5) is 157. The van der Waals surface area contributed by atoms with Gasteiger partial charge in [0.05, 0.1) is 108 Å². The van der Waals surface area contributed by atoms with Crippen LogP contribution in [0.1, 0.15) is 197 Å². The molecule has 106 heavy (non-hydrogen) atoms. The number of imidazole rings is 3. The summed E-state index contributed by atoms with van der Waals surface area (Å²) in [6.45, 7) is 3.61. The maximum Gasteiger partial charge on any atom is 0.315 e. The predicted octanol–water partition coefficient (Wildman–Crippen LogP) is 3.98. The van der Waals surface area contributed by atoms with Crippen molar-refractivity contribution < 1.29 is 66.9 Å². The first-order chi connectivity index (χ1) is 51.4. The Labute approximate surface area is 627 Å². The minimum atomic E-state index is -0.973. The Morgan fingerprint density at radius 3 is 1.60 bits per heavy atom. The largest absolute Gasteiger partial charge is 0.379 e. The summed E-state index contributed by atoms with van der Waals surface area (Å²) in [5.41, 5.74) is 27.8. The lowest BCUT2D eigenvalue weighted by molar-refractivity contribution is -0.133. The molecule has 0 aliphatic carbocycles. The number of nitrogens with zero attached hydrogens (tertiary/aromatic N) is 4. The topological polar surface area (TPSA) is 482 Å². The van der Waals surface area contributed by atoms with Crippen molar-refractivity contribution in [2.75, 3.05) is 71.7 Å². The molecule has 0 saturated carbocycles. The number of aliphatic imine (C=N–C) groups is 1. The number of ether oxygens (including phenoxy) is 4. The van der Waals surface area contributed by atoms with Crippen LogP contribution in [0, 0.1) is 5.92 Å². The van der Waals surface area contributed by atoms with E-state index in [1.54, 1.807) is 24.8 Å². The van der Waals surface area contributed by atoms with Gasteiger partial charge in [0, 0.05) is 161 Å². The average Bonchev–Trinajstić information content (AvgIpc) is 1.68. The van der Waals surface area contributed by atoms with E-state index in [2.05, 4.69) is 66.8 Å². The van der Waals surface area contributed by atoms with E-state index in [9.17, 15) is 47.9 Å². The zero-order chi connectivity index (χ0) is 75.9. The number of amides is 6. The molecule has 0 bridgehead atoms. The summed E-state index contributed by atoms with van der Waals surface area (Å²) < 4.78 is 22.4. The van der Waals surface area contributed by atoms with Crippen molar-refractivity contribution in [1.29, 1.82) is 0 Å². The summed E-state index contributed by atoms with van der Waals surface area (Å²) >= 11 is 1.89. The standard InChI is InChI=1S/C74H119N17O14S/c75-58(40-52-18-15-30-82-52)65(94)24-8-4-6-23-63(89-72(99)61(78)43-55-46-81-50-87-55)73(100)84-29-14-12-22-62(88-70(97)51(39-67(96)59(76)41-53-44-79-48-85-53)17-11-13-28-83-71(98)60(77)42-54-45-80-49-86-54)66(95)25-7-3-1-2-5-19-57(93)27-32-103-34-36-105-38-37-104-35-33-102-31-16-21-56(92)20-9-10-26-68-69-64(47-106-68)90-74(101)91-69/h18,30,44-46,48-51,58-64,68-69H,1-17,19-29,31-43,47,75-78H2,(H,79,85)(H,80,86)(H,81,87)(H,83,98)(H,84,100)(H,88,97)(H,89,99)(H2,90,91,101)/t51?,58?,59?,60?,61?,62?,63?,64-,68?,69-/m1/s1. The zero-order valence-corrected chi connectivity index (χ0v) is 62.6. The highest BCUT2D eigenvalue weighted by atomic mass is 32.2. The van der Waals surface area contributed by atoms with Crippen LogP contribution in [0.4, 0.5) is 4.79 Å². The molecule has 3 aliphatic heterocycles. The number of urea groups is 1. The molecule has 6 heterocycles. The van der Waals surface area contributed by atoms with Crippen molar-refractivity contribution in [2.24, 2.45) is 33.8 Å². The van der Waals surface area contributed by atoms with Gasteiger partial charge in [0.15, 0.2) is 11.6 Å². The Hall–Kier alpha value is -7.43. The van der Waals surface area contributed by atoms with Crippen LogP contribution in [0.5, 0.6) is 0 Å². The van der Waals surface area contributed by atoms with Gasteiger partial charge in [-0.2, -0.15) is 11.8 Å².